The number of rotatable bonds is 6. The highest BCUT2D eigenvalue weighted by Crippen LogP contribution is 2.51. The molecule has 35 heavy (non-hydrogen) atoms. The van der Waals surface area contributed by atoms with Gasteiger partial charge >= 0.3 is 5.92 Å². The maximum absolute atomic E-state index is 14.2. The van der Waals surface area contributed by atoms with Crippen molar-refractivity contribution in [1.29, 1.82) is 5.26 Å². The SMILES string of the molecule is CCc1cc(-n2nc(N3CCC(C#N)(C4CC4)C3)c3cnc(NC(C)=O)cc32)nc(C(C)(F)F)n1. The summed E-state index contributed by atoms with van der Waals surface area (Å²) < 4.78 is 29.9. The summed E-state index contributed by atoms with van der Waals surface area (Å²) >= 11 is 0. The topological polar surface area (TPSA) is 113 Å². The smallest absolute Gasteiger partial charge is 0.303 e. The van der Waals surface area contributed by atoms with Crippen LogP contribution < -0.4 is 10.2 Å². The lowest BCUT2D eigenvalue weighted by atomic mass is 9.83. The maximum atomic E-state index is 14.2. The lowest BCUT2D eigenvalue weighted by Gasteiger charge is -2.21. The van der Waals surface area contributed by atoms with Crippen LogP contribution in [0.25, 0.3) is 16.7 Å². The van der Waals surface area contributed by atoms with Crippen molar-refractivity contribution in [3.8, 4) is 11.9 Å². The molecular weight excluding hydrogens is 454 g/mol. The van der Waals surface area contributed by atoms with Crippen molar-refractivity contribution < 1.29 is 13.6 Å². The van der Waals surface area contributed by atoms with E-state index in [4.69, 9.17) is 5.10 Å². The molecule has 1 N–H and O–H groups in total. The minimum atomic E-state index is -3.22. The van der Waals surface area contributed by atoms with E-state index in [0.717, 1.165) is 26.2 Å². The average Bonchev–Trinajstić information content (AvgIpc) is 3.48. The predicted molar refractivity (Wildman–Crippen MR) is 125 cm³/mol. The number of nitrogens with zero attached hydrogens (tertiary/aromatic N) is 7. The van der Waals surface area contributed by atoms with Gasteiger partial charge in [-0.05, 0) is 31.6 Å². The molecule has 1 unspecified atom stereocenters. The van der Waals surface area contributed by atoms with Gasteiger partial charge < -0.3 is 10.2 Å². The lowest BCUT2D eigenvalue weighted by molar-refractivity contribution is -0.114. The van der Waals surface area contributed by atoms with E-state index in [1.807, 2.05) is 6.92 Å². The third-order valence-corrected chi connectivity index (χ3v) is 6.77. The molecule has 2 aliphatic rings. The van der Waals surface area contributed by atoms with Gasteiger partial charge in [0.2, 0.25) is 11.7 Å². The minimum absolute atomic E-state index is 0.206. The molecule has 1 saturated carbocycles. The molecule has 4 heterocycles. The molecule has 5 rings (SSSR count). The summed E-state index contributed by atoms with van der Waals surface area (Å²) in [5.41, 5.74) is 0.624. The third-order valence-electron chi connectivity index (χ3n) is 6.77. The monoisotopic (exact) mass is 480 g/mol. The summed E-state index contributed by atoms with van der Waals surface area (Å²) in [6.07, 6.45) is 4.93. The third kappa shape index (κ3) is 4.17. The van der Waals surface area contributed by atoms with E-state index in [9.17, 15) is 18.8 Å². The van der Waals surface area contributed by atoms with Gasteiger partial charge in [-0.2, -0.15) is 14.0 Å². The molecule has 1 aliphatic carbocycles. The molecule has 0 bridgehead atoms. The molecule has 1 aliphatic heterocycles. The van der Waals surface area contributed by atoms with Crippen molar-refractivity contribution in [2.24, 2.45) is 11.3 Å². The largest absolute Gasteiger partial charge is 0.353 e. The maximum Gasteiger partial charge on any atom is 0.303 e. The van der Waals surface area contributed by atoms with Crippen LogP contribution in [0.15, 0.2) is 18.3 Å². The van der Waals surface area contributed by atoms with E-state index in [0.29, 0.717) is 53.7 Å². The number of halogens is 2. The van der Waals surface area contributed by atoms with Crippen molar-refractivity contribution in [2.75, 3.05) is 23.3 Å². The number of carbonyl (C=O) groups is 1. The number of pyridine rings is 1. The second-order valence-corrected chi connectivity index (χ2v) is 9.50. The molecule has 182 valence electrons. The van der Waals surface area contributed by atoms with Crippen molar-refractivity contribution >= 4 is 28.4 Å². The highest BCUT2D eigenvalue weighted by Gasteiger charge is 2.50. The van der Waals surface area contributed by atoms with Gasteiger partial charge in [-0.3, -0.25) is 4.79 Å². The summed E-state index contributed by atoms with van der Waals surface area (Å²) in [7, 11) is 0. The molecule has 3 aromatic heterocycles. The molecule has 1 atom stereocenters. The van der Waals surface area contributed by atoms with E-state index < -0.39 is 17.2 Å². The van der Waals surface area contributed by atoms with Crippen LogP contribution in [0.3, 0.4) is 0 Å². The first-order valence-corrected chi connectivity index (χ1v) is 11.7. The van der Waals surface area contributed by atoms with Crippen molar-refractivity contribution in [3.05, 3.63) is 29.8 Å². The van der Waals surface area contributed by atoms with Gasteiger partial charge in [-0.25, -0.2) is 19.6 Å². The minimum Gasteiger partial charge on any atom is -0.353 e. The number of nitrogens with one attached hydrogen (secondary N) is 1. The van der Waals surface area contributed by atoms with Gasteiger partial charge in [0, 0.05) is 51.0 Å². The highest BCUT2D eigenvalue weighted by molar-refractivity contribution is 5.95. The van der Waals surface area contributed by atoms with Crippen LogP contribution >= 0.6 is 0 Å². The molecule has 11 heteroatoms. The second kappa shape index (κ2) is 8.22. The second-order valence-electron chi connectivity index (χ2n) is 9.50. The Balaban J connectivity index is 1.66. The number of carbonyl (C=O) groups excluding carboxylic acids is 1. The van der Waals surface area contributed by atoms with Crippen LogP contribution in [0.2, 0.25) is 0 Å². The Bertz CT molecular complexity index is 1350. The van der Waals surface area contributed by atoms with Crippen LogP contribution in [0.4, 0.5) is 20.4 Å². The van der Waals surface area contributed by atoms with Gasteiger partial charge in [0.05, 0.1) is 22.4 Å². The Kier molecular flexibility index (Phi) is 5.42. The van der Waals surface area contributed by atoms with Crippen LogP contribution in [-0.4, -0.2) is 43.7 Å². The fourth-order valence-electron chi connectivity index (χ4n) is 4.79. The normalized spacial score (nSPS) is 20.3. The summed E-state index contributed by atoms with van der Waals surface area (Å²) in [4.78, 5) is 26.2. The first-order valence-electron chi connectivity index (χ1n) is 11.7. The van der Waals surface area contributed by atoms with Crippen LogP contribution in [0, 0.1) is 22.7 Å². The molecule has 2 fully saturated rings. The Hall–Kier alpha value is -3.68. The number of aromatic nitrogens is 5. The molecule has 1 amide bonds. The Labute approximate surface area is 201 Å². The fraction of sp³-hybridized carbons (Fsp3) is 0.500. The van der Waals surface area contributed by atoms with Crippen LogP contribution in [0.5, 0.6) is 0 Å². The zero-order valence-electron chi connectivity index (χ0n) is 19.8. The van der Waals surface area contributed by atoms with Crippen LogP contribution in [-0.2, 0) is 17.1 Å². The first-order chi connectivity index (χ1) is 16.6. The van der Waals surface area contributed by atoms with Gasteiger partial charge in [0.15, 0.2) is 11.6 Å². The Morgan fingerprint density at radius 3 is 2.74 bits per heavy atom. The quantitative estimate of drug-likeness (QED) is 0.568. The molecule has 0 aromatic carbocycles. The number of aryl methyl sites for hydroxylation is 1. The van der Waals surface area contributed by atoms with Gasteiger partial charge in [-0.15, -0.1) is 5.10 Å². The first kappa shape index (κ1) is 23.1. The number of anilines is 2. The van der Waals surface area contributed by atoms with Crippen molar-refractivity contribution in [2.45, 2.75) is 52.4 Å². The summed E-state index contributed by atoms with van der Waals surface area (Å²) in [6, 6.07) is 5.84. The van der Waals surface area contributed by atoms with E-state index in [1.165, 1.54) is 11.6 Å². The average molecular weight is 481 g/mol. The number of hydrogen-bond acceptors (Lipinski definition) is 7. The summed E-state index contributed by atoms with van der Waals surface area (Å²) in [5, 5.41) is 18.1. The van der Waals surface area contributed by atoms with Gasteiger partial charge in [-0.1, -0.05) is 6.92 Å². The standard InChI is InChI=1S/C24H26F2N8O/c1-4-16-9-20(31-22(30-16)23(3,25)26)34-18-10-19(29-14(2)35)28-11-17(18)21(32-34)33-8-7-24(12-27,13-33)15-5-6-15/h9-11,15H,4-8,13H2,1-3H3,(H,28,29,35). The van der Waals surface area contributed by atoms with Crippen molar-refractivity contribution in [1.82, 2.24) is 24.7 Å². The lowest BCUT2D eigenvalue weighted by Crippen LogP contribution is -2.28. The molecule has 3 aromatic rings. The van der Waals surface area contributed by atoms with Gasteiger partial charge in [0.1, 0.15) is 5.82 Å². The van der Waals surface area contributed by atoms with E-state index in [2.05, 4.69) is 31.2 Å². The summed E-state index contributed by atoms with van der Waals surface area (Å²) in [5.74, 6) is -2.55. The van der Waals surface area contributed by atoms with E-state index in [-0.39, 0.29) is 11.7 Å². The Morgan fingerprint density at radius 1 is 1.34 bits per heavy atom. The molecule has 0 spiro atoms. The number of alkyl halides is 2. The zero-order valence-corrected chi connectivity index (χ0v) is 19.8. The summed E-state index contributed by atoms with van der Waals surface area (Å²) in [6.45, 7) is 5.19. The zero-order chi connectivity index (χ0) is 25.0. The molecule has 1 saturated heterocycles. The molecule has 9 nitrogen and oxygen atoms in total. The Morgan fingerprint density at radius 2 is 2.11 bits per heavy atom. The predicted octanol–water partition coefficient (Wildman–Crippen LogP) is 3.97. The number of fused-ring (bicyclic) bond motifs is 1. The van der Waals surface area contributed by atoms with E-state index >= 15 is 0 Å². The number of hydrogen-bond donors (Lipinski definition) is 1. The fourth-order valence-corrected chi connectivity index (χ4v) is 4.79. The van der Waals surface area contributed by atoms with Crippen LogP contribution in [0.1, 0.15) is 51.6 Å². The number of nitriles is 1. The van der Waals surface area contributed by atoms with E-state index in [1.54, 1.807) is 18.3 Å². The van der Waals surface area contributed by atoms with Crippen molar-refractivity contribution in [3.63, 3.8) is 0 Å². The molecule has 0 radical (unpaired) electrons. The number of amides is 1. The highest BCUT2D eigenvalue weighted by atomic mass is 19.3. The van der Waals surface area contributed by atoms with Gasteiger partial charge in [0.25, 0.3) is 0 Å². The molecular formula is C24H26F2N8O.